The van der Waals surface area contributed by atoms with Crippen molar-refractivity contribution in [3.63, 3.8) is 0 Å². The van der Waals surface area contributed by atoms with Gasteiger partial charge in [0.05, 0.1) is 13.0 Å². The lowest BCUT2D eigenvalue weighted by molar-refractivity contribution is -0.129. The molecule has 1 aromatic rings. The van der Waals surface area contributed by atoms with Crippen LogP contribution in [0.4, 0.5) is 5.69 Å². The van der Waals surface area contributed by atoms with Crippen LogP contribution in [0.5, 0.6) is 0 Å². The van der Waals surface area contributed by atoms with E-state index in [1.165, 1.54) is 0 Å². The topological polar surface area (TPSA) is 55.6 Å². The quantitative estimate of drug-likeness (QED) is 0.822. The smallest absolute Gasteiger partial charge is 0.227 e. The number of benzene rings is 1. The fourth-order valence-corrected chi connectivity index (χ4v) is 2.40. The summed E-state index contributed by atoms with van der Waals surface area (Å²) in [4.78, 5) is 14.1. The highest BCUT2D eigenvalue weighted by atomic mass is 16.5. The van der Waals surface area contributed by atoms with Crippen LogP contribution < -0.4 is 5.73 Å². The van der Waals surface area contributed by atoms with Gasteiger partial charge >= 0.3 is 0 Å². The third kappa shape index (κ3) is 3.96. The van der Waals surface area contributed by atoms with Crippen LogP contribution in [0, 0.1) is 5.92 Å². The lowest BCUT2D eigenvalue weighted by atomic mass is 10.1. The number of hydrogen-bond acceptors (Lipinski definition) is 3. The third-order valence-corrected chi connectivity index (χ3v) is 3.53. The fraction of sp³-hybridized carbons (Fsp3) is 0.533. The largest absolute Gasteiger partial charge is 0.399 e. The number of nitrogens with two attached hydrogens (primary N) is 1. The number of nitrogen functional groups attached to an aromatic ring is 1. The van der Waals surface area contributed by atoms with Gasteiger partial charge in [0.15, 0.2) is 0 Å². The van der Waals surface area contributed by atoms with Crippen molar-refractivity contribution in [1.29, 1.82) is 0 Å². The molecule has 0 saturated carbocycles. The number of likely N-dealkylation sites (tertiary alicyclic amines) is 1. The summed E-state index contributed by atoms with van der Waals surface area (Å²) in [5.41, 5.74) is 7.39. The Balaban J connectivity index is 1.82. The normalized spacial score (nSPS) is 18.8. The molecule has 19 heavy (non-hydrogen) atoms. The minimum atomic E-state index is 0.198. The van der Waals surface area contributed by atoms with Gasteiger partial charge in [0.2, 0.25) is 5.91 Å². The first kappa shape index (κ1) is 13.9. The number of rotatable bonds is 5. The molecule has 4 heteroatoms. The first-order valence-corrected chi connectivity index (χ1v) is 6.89. The number of nitrogens with zero attached hydrogens (tertiary/aromatic N) is 1. The minimum Gasteiger partial charge on any atom is -0.399 e. The van der Waals surface area contributed by atoms with E-state index in [0.717, 1.165) is 44.0 Å². The van der Waals surface area contributed by atoms with Gasteiger partial charge in [-0.2, -0.15) is 0 Å². The summed E-state index contributed by atoms with van der Waals surface area (Å²) in [7, 11) is 0. The zero-order valence-electron chi connectivity index (χ0n) is 11.5. The molecule has 2 N–H and O–H groups in total. The van der Waals surface area contributed by atoms with E-state index < -0.39 is 0 Å². The zero-order chi connectivity index (χ0) is 13.7. The van der Waals surface area contributed by atoms with Gasteiger partial charge in [-0.3, -0.25) is 4.79 Å². The maximum atomic E-state index is 12.2. The summed E-state index contributed by atoms with van der Waals surface area (Å²) in [6.45, 7) is 5.19. The summed E-state index contributed by atoms with van der Waals surface area (Å²) >= 11 is 0. The zero-order valence-corrected chi connectivity index (χ0v) is 11.5. The van der Waals surface area contributed by atoms with Gasteiger partial charge in [-0.15, -0.1) is 0 Å². The van der Waals surface area contributed by atoms with Crippen LogP contribution >= 0.6 is 0 Å². The van der Waals surface area contributed by atoms with E-state index in [4.69, 9.17) is 10.5 Å². The third-order valence-electron chi connectivity index (χ3n) is 3.53. The van der Waals surface area contributed by atoms with Crippen LogP contribution in [-0.2, 0) is 16.0 Å². The Hall–Kier alpha value is -1.55. The van der Waals surface area contributed by atoms with E-state index in [1.54, 1.807) is 0 Å². The van der Waals surface area contributed by atoms with Crippen molar-refractivity contribution in [3.8, 4) is 0 Å². The highest BCUT2D eigenvalue weighted by Crippen LogP contribution is 2.18. The maximum absolute atomic E-state index is 12.2. The molecule has 1 aliphatic rings. The van der Waals surface area contributed by atoms with Crippen LogP contribution in [0.3, 0.4) is 0 Å². The van der Waals surface area contributed by atoms with Crippen molar-refractivity contribution in [2.75, 3.05) is 32.0 Å². The van der Waals surface area contributed by atoms with Crippen LogP contribution in [0.2, 0.25) is 0 Å². The molecule has 1 heterocycles. The van der Waals surface area contributed by atoms with Gasteiger partial charge < -0.3 is 15.4 Å². The molecule has 104 valence electrons. The van der Waals surface area contributed by atoms with Crippen molar-refractivity contribution in [3.05, 3.63) is 29.8 Å². The van der Waals surface area contributed by atoms with E-state index in [0.29, 0.717) is 12.3 Å². The van der Waals surface area contributed by atoms with Crippen LogP contribution in [0.1, 0.15) is 18.9 Å². The van der Waals surface area contributed by atoms with E-state index in [1.807, 2.05) is 36.1 Å². The highest BCUT2D eigenvalue weighted by Gasteiger charge is 2.25. The monoisotopic (exact) mass is 262 g/mol. The predicted octanol–water partition coefficient (Wildman–Crippen LogP) is 1.70. The Morgan fingerprint density at radius 2 is 2.16 bits per heavy atom. The Bertz CT molecular complexity index is 417. The lowest BCUT2D eigenvalue weighted by Gasteiger charge is -2.16. The van der Waals surface area contributed by atoms with Crippen molar-refractivity contribution in [2.24, 2.45) is 5.92 Å². The molecule has 1 unspecified atom stereocenters. The van der Waals surface area contributed by atoms with Gasteiger partial charge in [-0.05, 0) is 31.0 Å². The molecule has 0 radical (unpaired) electrons. The molecule has 2 rings (SSSR count). The summed E-state index contributed by atoms with van der Waals surface area (Å²) < 4.78 is 5.43. The maximum Gasteiger partial charge on any atom is 0.227 e. The lowest BCUT2D eigenvalue weighted by Crippen LogP contribution is -2.30. The Kier molecular flexibility index (Phi) is 4.80. The number of carbonyl (C=O) groups excluding carboxylic acids is 1. The predicted molar refractivity (Wildman–Crippen MR) is 75.7 cm³/mol. The molecule has 1 atom stereocenters. The van der Waals surface area contributed by atoms with E-state index >= 15 is 0 Å². The van der Waals surface area contributed by atoms with Gasteiger partial charge in [0.25, 0.3) is 0 Å². The van der Waals surface area contributed by atoms with Crippen molar-refractivity contribution in [2.45, 2.75) is 19.8 Å². The van der Waals surface area contributed by atoms with Crippen LogP contribution in [0.15, 0.2) is 24.3 Å². The van der Waals surface area contributed by atoms with Crippen molar-refractivity contribution >= 4 is 11.6 Å². The standard InChI is InChI=1S/C15H22N2O2/c1-2-19-11-13-7-8-17(10-13)15(18)9-12-3-5-14(16)6-4-12/h3-6,13H,2,7-11,16H2,1H3. The van der Waals surface area contributed by atoms with Crippen LogP contribution in [0.25, 0.3) is 0 Å². The Morgan fingerprint density at radius 3 is 2.84 bits per heavy atom. The molecule has 1 aromatic carbocycles. The molecule has 1 fully saturated rings. The van der Waals surface area contributed by atoms with Gasteiger partial charge in [-0.1, -0.05) is 12.1 Å². The van der Waals surface area contributed by atoms with Gasteiger partial charge in [0.1, 0.15) is 0 Å². The molecule has 4 nitrogen and oxygen atoms in total. The van der Waals surface area contributed by atoms with Crippen molar-refractivity contribution in [1.82, 2.24) is 4.90 Å². The van der Waals surface area contributed by atoms with E-state index in [2.05, 4.69) is 0 Å². The summed E-state index contributed by atoms with van der Waals surface area (Å²) in [6, 6.07) is 7.51. The summed E-state index contributed by atoms with van der Waals surface area (Å²) in [5.74, 6) is 0.694. The molecule has 0 bridgehead atoms. The molecular weight excluding hydrogens is 240 g/mol. The summed E-state index contributed by atoms with van der Waals surface area (Å²) in [5, 5.41) is 0. The second-order valence-electron chi connectivity index (χ2n) is 5.07. The average molecular weight is 262 g/mol. The molecule has 1 aliphatic heterocycles. The molecule has 0 spiro atoms. The molecule has 1 amide bonds. The highest BCUT2D eigenvalue weighted by molar-refractivity contribution is 5.79. The van der Waals surface area contributed by atoms with E-state index in [-0.39, 0.29) is 5.91 Å². The Labute approximate surface area is 114 Å². The number of amides is 1. The Morgan fingerprint density at radius 1 is 1.42 bits per heavy atom. The second kappa shape index (κ2) is 6.57. The minimum absolute atomic E-state index is 0.198. The summed E-state index contributed by atoms with van der Waals surface area (Å²) in [6.07, 6.45) is 1.51. The first-order valence-electron chi connectivity index (χ1n) is 6.89. The molecule has 0 aliphatic carbocycles. The average Bonchev–Trinajstić information content (AvgIpc) is 2.88. The van der Waals surface area contributed by atoms with E-state index in [9.17, 15) is 4.79 Å². The second-order valence-corrected chi connectivity index (χ2v) is 5.07. The SMILES string of the molecule is CCOCC1CCN(C(=O)Cc2ccc(N)cc2)C1. The molecule has 0 aromatic heterocycles. The molecular formula is C15H22N2O2. The number of anilines is 1. The van der Waals surface area contributed by atoms with Gasteiger partial charge in [-0.25, -0.2) is 0 Å². The molecule has 1 saturated heterocycles. The number of ether oxygens (including phenoxy) is 1. The number of hydrogen-bond donors (Lipinski definition) is 1. The van der Waals surface area contributed by atoms with Crippen molar-refractivity contribution < 1.29 is 9.53 Å². The number of carbonyl (C=O) groups is 1. The first-order chi connectivity index (χ1) is 9.19. The van der Waals surface area contributed by atoms with Crippen LogP contribution in [-0.4, -0.2) is 37.1 Å². The fourth-order valence-electron chi connectivity index (χ4n) is 2.40. The van der Waals surface area contributed by atoms with Gasteiger partial charge in [0, 0.05) is 31.3 Å².